The number of anilines is 1. The van der Waals surface area contributed by atoms with E-state index in [4.69, 9.17) is 5.84 Å². The number of rotatable bonds is 3. The molecule has 19 heavy (non-hydrogen) atoms. The summed E-state index contributed by atoms with van der Waals surface area (Å²) in [5.41, 5.74) is 6.08. The van der Waals surface area contributed by atoms with Crippen LogP contribution in [0, 0.1) is 0 Å². The van der Waals surface area contributed by atoms with Crippen molar-refractivity contribution in [2.75, 3.05) is 5.43 Å². The van der Waals surface area contributed by atoms with Crippen LogP contribution in [0.15, 0.2) is 60.7 Å². The number of nitrogen functional groups attached to an aromatic ring is 1. The van der Waals surface area contributed by atoms with Crippen molar-refractivity contribution >= 4 is 19.2 Å². The molecule has 0 aliphatic carbocycles. The second kappa shape index (κ2) is 5.41. The molecule has 0 fully saturated rings. The minimum absolute atomic E-state index is 0.126. The summed E-state index contributed by atoms with van der Waals surface area (Å²) in [5.74, 6) is 5.52. The predicted molar refractivity (Wildman–Crippen MR) is 79.9 cm³/mol. The monoisotopic (exact) mass is 315 g/mol. The van der Waals surface area contributed by atoms with Crippen molar-refractivity contribution in [2.45, 2.75) is 0 Å². The molecule has 0 aliphatic rings. The number of hydrogen-bond acceptors (Lipinski definition) is 3. The molecular formula is C15H13N3Se. The van der Waals surface area contributed by atoms with E-state index in [1.54, 1.807) is 0 Å². The van der Waals surface area contributed by atoms with Gasteiger partial charge >= 0.3 is 117 Å². The second-order valence-electron chi connectivity index (χ2n) is 4.07. The summed E-state index contributed by atoms with van der Waals surface area (Å²) >= 11 is 0.126. The standard InChI is InChI=1S/C15H13N3Se/c16-18-15-17-13(11-7-3-1-4-8-11)14(19-15)12-9-5-2-6-10-12/h1-10H,16H2,(H,17,18). The Morgan fingerprint density at radius 1 is 0.842 bits per heavy atom. The third-order valence-corrected chi connectivity index (χ3v) is 5.01. The summed E-state index contributed by atoms with van der Waals surface area (Å²) in [6.45, 7) is 0. The molecule has 2 aromatic carbocycles. The first-order chi connectivity index (χ1) is 9.38. The first kappa shape index (κ1) is 12.2. The van der Waals surface area contributed by atoms with E-state index in [9.17, 15) is 0 Å². The van der Waals surface area contributed by atoms with Crippen LogP contribution in [0.5, 0.6) is 0 Å². The Morgan fingerprint density at radius 3 is 2.00 bits per heavy atom. The number of benzene rings is 2. The van der Waals surface area contributed by atoms with Gasteiger partial charge in [0.2, 0.25) is 0 Å². The number of nitrogens with zero attached hydrogens (tertiary/aromatic N) is 1. The van der Waals surface area contributed by atoms with Crippen molar-refractivity contribution < 1.29 is 0 Å². The molecule has 1 aromatic heterocycles. The van der Waals surface area contributed by atoms with Gasteiger partial charge in [0.15, 0.2) is 0 Å². The molecule has 0 aliphatic heterocycles. The molecule has 0 saturated carbocycles. The van der Waals surface area contributed by atoms with E-state index in [1.807, 2.05) is 24.3 Å². The van der Waals surface area contributed by atoms with Crippen LogP contribution < -0.4 is 11.3 Å². The molecule has 3 nitrogen and oxygen atoms in total. The molecule has 0 unspecified atom stereocenters. The Labute approximate surface area is 117 Å². The molecule has 0 radical (unpaired) electrons. The van der Waals surface area contributed by atoms with Gasteiger partial charge in [0, 0.05) is 0 Å². The molecule has 1 heterocycles. The molecule has 0 saturated heterocycles. The van der Waals surface area contributed by atoms with Crippen LogP contribution in [0.2, 0.25) is 0 Å². The fourth-order valence-electron chi connectivity index (χ4n) is 1.96. The van der Waals surface area contributed by atoms with Gasteiger partial charge in [-0.3, -0.25) is 0 Å². The summed E-state index contributed by atoms with van der Waals surface area (Å²) in [7, 11) is 0. The van der Waals surface area contributed by atoms with Gasteiger partial charge in [0.05, 0.1) is 0 Å². The van der Waals surface area contributed by atoms with E-state index in [0.717, 1.165) is 15.9 Å². The average Bonchev–Trinajstić information content (AvgIpc) is 2.93. The van der Waals surface area contributed by atoms with Crippen molar-refractivity contribution in [1.82, 2.24) is 4.98 Å². The third-order valence-electron chi connectivity index (χ3n) is 2.83. The molecular weight excluding hydrogens is 301 g/mol. The Balaban J connectivity index is 2.17. The van der Waals surface area contributed by atoms with Crippen LogP contribution in [0.3, 0.4) is 0 Å². The molecule has 3 rings (SSSR count). The maximum absolute atomic E-state index is 5.52. The molecule has 0 bridgehead atoms. The first-order valence-corrected chi connectivity index (χ1v) is 7.68. The number of nitrogens with one attached hydrogen (secondary N) is 1. The second-order valence-corrected chi connectivity index (χ2v) is 6.17. The first-order valence-electron chi connectivity index (χ1n) is 5.97. The van der Waals surface area contributed by atoms with Gasteiger partial charge in [-0.2, -0.15) is 0 Å². The van der Waals surface area contributed by atoms with E-state index in [-0.39, 0.29) is 14.5 Å². The molecule has 0 spiro atoms. The summed E-state index contributed by atoms with van der Waals surface area (Å²) in [5, 5.41) is 0. The van der Waals surface area contributed by atoms with E-state index < -0.39 is 0 Å². The van der Waals surface area contributed by atoms with Crippen LogP contribution in [0.4, 0.5) is 4.69 Å². The van der Waals surface area contributed by atoms with Crippen LogP contribution in [-0.2, 0) is 0 Å². The number of hydrazine groups is 1. The Kier molecular flexibility index (Phi) is 3.47. The summed E-state index contributed by atoms with van der Waals surface area (Å²) in [6, 6.07) is 20.6. The summed E-state index contributed by atoms with van der Waals surface area (Å²) < 4.78 is 2.14. The molecule has 3 N–H and O–H groups in total. The fraction of sp³-hybridized carbons (Fsp3) is 0. The van der Waals surface area contributed by atoms with Gasteiger partial charge in [-0.25, -0.2) is 0 Å². The van der Waals surface area contributed by atoms with E-state index >= 15 is 0 Å². The van der Waals surface area contributed by atoms with Crippen molar-refractivity contribution in [2.24, 2.45) is 5.84 Å². The topological polar surface area (TPSA) is 50.9 Å². The van der Waals surface area contributed by atoms with Crippen molar-refractivity contribution in [3.05, 3.63) is 60.7 Å². The van der Waals surface area contributed by atoms with Crippen LogP contribution in [0.1, 0.15) is 0 Å². The predicted octanol–water partition coefficient (Wildman–Crippen LogP) is 2.76. The summed E-state index contributed by atoms with van der Waals surface area (Å²) in [4.78, 5) is 4.62. The normalized spacial score (nSPS) is 10.4. The van der Waals surface area contributed by atoms with Crippen molar-refractivity contribution in [3.8, 4) is 21.3 Å². The van der Waals surface area contributed by atoms with Gasteiger partial charge in [-0.05, 0) is 0 Å². The van der Waals surface area contributed by atoms with E-state index in [1.165, 1.54) is 10.0 Å². The van der Waals surface area contributed by atoms with E-state index in [2.05, 4.69) is 46.8 Å². The average molecular weight is 314 g/mol. The number of nitrogens with two attached hydrogens (primary N) is 1. The van der Waals surface area contributed by atoms with Crippen LogP contribution in [-0.4, -0.2) is 19.5 Å². The van der Waals surface area contributed by atoms with Crippen LogP contribution >= 0.6 is 0 Å². The SMILES string of the molecule is NNc1nc(-c2ccccc2)c(-c2ccccc2)[se]1. The zero-order valence-corrected chi connectivity index (χ0v) is 11.9. The Hall–Kier alpha value is -1.87. The maximum atomic E-state index is 5.52. The molecule has 3 aromatic rings. The van der Waals surface area contributed by atoms with Crippen LogP contribution in [0.25, 0.3) is 21.3 Å². The van der Waals surface area contributed by atoms with Gasteiger partial charge < -0.3 is 0 Å². The van der Waals surface area contributed by atoms with Gasteiger partial charge in [-0.15, -0.1) is 0 Å². The quantitative estimate of drug-likeness (QED) is 0.444. The van der Waals surface area contributed by atoms with Crippen molar-refractivity contribution in [3.63, 3.8) is 0 Å². The number of hydrogen-bond donors (Lipinski definition) is 2. The summed E-state index contributed by atoms with van der Waals surface area (Å²) in [6.07, 6.45) is 0. The Morgan fingerprint density at radius 2 is 1.42 bits per heavy atom. The zero-order valence-electron chi connectivity index (χ0n) is 10.2. The fourth-order valence-corrected chi connectivity index (χ4v) is 3.85. The van der Waals surface area contributed by atoms with E-state index in [0.29, 0.717) is 0 Å². The van der Waals surface area contributed by atoms with Crippen molar-refractivity contribution in [1.29, 1.82) is 0 Å². The number of aromatic nitrogens is 1. The van der Waals surface area contributed by atoms with Gasteiger partial charge in [0.25, 0.3) is 0 Å². The molecule has 94 valence electrons. The molecule has 4 heteroatoms. The molecule has 0 amide bonds. The van der Waals surface area contributed by atoms with Gasteiger partial charge in [0.1, 0.15) is 0 Å². The van der Waals surface area contributed by atoms with Gasteiger partial charge in [-0.1, -0.05) is 0 Å². The Bertz CT molecular complexity index is 605. The molecule has 0 atom stereocenters. The minimum atomic E-state index is 0.126. The zero-order chi connectivity index (χ0) is 13.1. The third kappa shape index (κ3) is 2.47.